The SMILES string of the molecule is COc1cccc(-n2c([C@@H](N)CCCCN)n[nH]c2=O)c1. The van der Waals surface area contributed by atoms with Crippen LogP contribution < -0.4 is 21.9 Å². The van der Waals surface area contributed by atoms with E-state index in [9.17, 15) is 4.79 Å². The molecule has 0 unspecified atom stereocenters. The van der Waals surface area contributed by atoms with Gasteiger partial charge in [0.25, 0.3) is 0 Å². The van der Waals surface area contributed by atoms with Crippen molar-refractivity contribution >= 4 is 0 Å². The van der Waals surface area contributed by atoms with E-state index in [0.29, 0.717) is 23.8 Å². The highest BCUT2D eigenvalue weighted by Crippen LogP contribution is 2.19. The molecule has 0 spiro atoms. The molecule has 2 rings (SSSR count). The number of nitrogens with one attached hydrogen (secondary N) is 1. The van der Waals surface area contributed by atoms with Crippen LogP contribution in [0.15, 0.2) is 29.1 Å². The predicted octanol–water partition coefficient (Wildman–Crippen LogP) is 0.698. The summed E-state index contributed by atoms with van der Waals surface area (Å²) >= 11 is 0. The summed E-state index contributed by atoms with van der Waals surface area (Å²) in [6, 6.07) is 6.90. The maximum absolute atomic E-state index is 12.0. The summed E-state index contributed by atoms with van der Waals surface area (Å²) < 4.78 is 6.66. The quantitative estimate of drug-likeness (QED) is 0.650. The molecule has 0 radical (unpaired) electrons. The van der Waals surface area contributed by atoms with Gasteiger partial charge in [-0.3, -0.25) is 0 Å². The van der Waals surface area contributed by atoms with Crippen LogP contribution >= 0.6 is 0 Å². The Morgan fingerprint density at radius 1 is 1.43 bits per heavy atom. The molecule has 0 bridgehead atoms. The number of aromatic amines is 1. The molecule has 0 saturated carbocycles. The number of hydrogen-bond donors (Lipinski definition) is 3. The van der Waals surface area contributed by atoms with Gasteiger partial charge in [0.05, 0.1) is 18.8 Å². The molecule has 7 nitrogen and oxygen atoms in total. The summed E-state index contributed by atoms with van der Waals surface area (Å²) in [5.41, 5.74) is 12.0. The van der Waals surface area contributed by atoms with Gasteiger partial charge in [0.2, 0.25) is 0 Å². The first-order chi connectivity index (χ1) is 10.2. The molecular formula is C14H21N5O2. The fourth-order valence-electron chi connectivity index (χ4n) is 2.19. The van der Waals surface area contributed by atoms with E-state index in [1.54, 1.807) is 13.2 Å². The molecule has 0 aliphatic carbocycles. The summed E-state index contributed by atoms with van der Waals surface area (Å²) in [4.78, 5) is 12.0. The van der Waals surface area contributed by atoms with Crippen molar-refractivity contribution in [2.24, 2.45) is 11.5 Å². The van der Waals surface area contributed by atoms with E-state index in [4.69, 9.17) is 16.2 Å². The normalized spacial score (nSPS) is 12.3. The number of nitrogens with two attached hydrogens (primary N) is 2. The largest absolute Gasteiger partial charge is 0.497 e. The average molecular weight is 291 g/mol. The van der Waals surface area contributed by atoms with Crippen molar-refractivity contribution in [2.45, 2.75) is 25.3 Å². The summed E-state index contributed by atoms with van der Waals surface area (Å²) in [6.45, 7) is 0.635. The smallest absolute Gasteiger partial charge is 0.347 e. The van der Waals surface area contributed by atoms with Crippen molar-refractivity contribution in [3.05, 3.63) is 40.6 Å². The minimum Gasteiger partial charge on any atom is -0.497 e. The number of nitrogens with zero attached hydrogens (tertiary/aromatic N) is 2. The number of benzene rings is 1. The molecule has 2 aromatic rings. The highest BCUT2D eigenvalue weighted by Gasteiger charge is 2.17. The fraction of sp³-hybridized carbons (Fsp3) is 0.429. The second-order valence-corrected chi connectivity index (χ2v) is 4.81. The highest BCUT2D eigenvalue weighted by atomic mass is 16.5. The summed E-state index contributed by atoms with van der Waals surface area (Å²) in [7, 11) is 1.58. The van der Waals surface area contributed by atoms with Crippen LogP contribution in [0.25, 0.3) is 5.69 Å². The maximum Gasteiger partial charge on any atom is 0.347 e. The van der Waals surface area contributed by atoms with Crippen molar-refractivity contribution in [1.29, 1.82) is 0 Å². The molecule has 1 aromatic heterocycles. The molecule has 114 valence electrons. The standard InChI is InChI=1S/C14H21N5O2/c1-21-11-6-4-5-10(9-11)19-13(17-18-14(19)20)12(16)7-2-3-8-15/h4-6,9,12H,2-3,7-8,15-16H2,1H3,(H,18,20)/t12-/m0/s1. The second-order valence-electron chi connectivity index (χ2n) is 4.81. The second kappa shape index (κ2) is 7.05. The number of ether oxygens (including phenoxy) is 1. The minimum absolute atomic E-state index is 0.312. The van der Waals surface area contributed by atoms with Gasteiger partial charge < -0.3 is 16.2 Å². The Morgan fingerprint density at radius 2 is 2.24 bits per heavy atom. The van der Waals surface area contributed by atoms with Gasteiger partial charge in [0.15, 0.2) is 5.82 Å². The third kappa shape index (κ3) is 3.50. The topological polar surface area (TPSA) is 112 Å². The van der Waals surface area contributed by atoms with E-state index in [0.717, 1.165) is 19.3 Å². The Bertz CT molecular complexity index is 634. The van der Waals surface area contributed by atoms with Crippen molar-refractivity contribution < 1.29 is 4.74 Å². The van der Waals surface area contributed by atoms with Gasteiger partial charge in [0.1, 0.15) is 5.75 Å². The van der Waals surface area contributed by atoms with Gasteiger partial charge in [-0.25, -0.2) is 14.5 Å². The van der Waals surface area contributed by atoms with Crippen LogP contribution in [0.1, 0.15) is 31.1 Å². The van der Waals surface area contributed by atoms with Crippen LogP contribution in [0.4, 0.5) is 0 Å². The third-order valence-electron chi connectivity index (χ3n) is 3.31. The maximum atomic E-state index is 12.0. The van der Waals surface area contributed by atoms with Crippen molar-refractivity contribution in [3.63, 3.8) is 0 Å². The lowest BCUT2D eigenvalue weighted by Gasteiger charge is -2.13. The summed E-state index contributed by atoms with van der Waals surface area (Å²) in [5, 5.41) is 6.51. The Hall–Kier alpha value is -2.12. The third-order valence-corrected chi connectivity index (χ3v) is 3.31. The van der Waals surface area contributed by atoms with E-state index in [-0.39, 0.29) is 11.7 Å². The molecule has 0 saturated heterocycles. The molecule has 5 N–H and O–H groups in total. The molecular weight excluding hydrogens is 270 g/mol. The highest BCUT2D eigenvalue weighted by molar-refractivity contribution is 5.40. The van der Waals surface area contributed by atoms with Gasteiger partial charge in [-0.15, -0.1) is 0 Å². The van der Waals surface area contributed by atoms with Crippen LogP contribution in [0, 0.1) is 0 Å². The molecule has 1 heterocycles. The molecule has 1 aromatic carbocycles. The lowest BCUT2D eigenvalue weighted by atomic mass is 10.1. The lowest BCUT2D eigenvalue weighted by Crippen LogP contribution is -2.22. The van der Waals surface area contributed by atoms with Crippen LogP contribution in [-0.4, -0.2) is 28.4 Å². The molecule has 0 fully saturated rings. The Kier molecular flexibility index (Phi) is 5.13. The summed E-state index contributed by atoms with van der Waals surface area (Å²) in [5.74, 6) is 1.19. The number of hydrogen-bond acceptors (Lipinski definition) is 5. The number of unbranched alkanes of at least 4 members (excludes halogenated alkanes) is 1. The number of rotatable bonds is 7. The van der Waals surface area contributed by atoms with Gasteiger partial charge in [-0.1, -0.05) is 12.5 Å². The molecule has 1 atom stereocenters. The number of methoxy groups -OCH3 is 1. The van der Waals surface area contributed by atoms with E-state index in [1.165, 1.54) is 4.57 Å². The zero-order valence-electron chi connectivity index (χ0n) is 12.1. The molecule has 0 aliphatic rings. The Balaban J connectivity index is 2.31. The molecule has 0 aliphatic heterocycles. The van der Waals surface area contributed by atoms with Crippen molar-refractivity contribution in [2.75, 3.05) is 13.7 Å². The van der Waals surface area contributed by atoms with E-state index in [2.05, 4.69) is 10.2 Å². The van der Waals surface area contributed by atoms with Gasteiger partial charge in [0, 0.05) is 6.07 Å². The van der Waals surface area contributed by atoms with E-state index >= 15 is 0 Å². The van der Waals surface area contributed by atoms with Crippen LogP contribution in [0.3, 0.4) is 0 Å². The molecule has 21 heavy (non-hydrogen) atoms. The number of H-pyrrole nitrogens is 1. The van der Waals surface area contributed by atoms with Gasteiger partial charge >= 0.3 is 5.69 Å². The van der Waals surface area contributed by atoms with Crippen LogP contribution in [0.2, 0.25) is 0 Å². The first kappa shape index (κ1) is 15.3. The van der Waals surface area contributed by atoms with E-state index < -0.39 is 0 Å². The van der Waals surface area contributed by atoms with Crippen molar-refractivity contribution in [3.8, 4) is 11.4 Å². The minimum atomic E-state index is -0.318. The van der Waals surface area contributed by atoms with Gasteiger partial charge in [-0.2, -0.15) is 5.10 Å². The zero-order valence-corrected chi connectivity index (χ0v) is 12.1. The monoisotopic (exact) mass is 291 g/mol. The van der Waals surface area contributed by atoms with Crippen LogP contribution in [-0.2, 0) is 0 Å². The Labute approximate surface area is 122 Å². The van der Waals surface area contributed by atoms with Crippen molar-refractivity contribution in [1.82, 2.24) is 14.8 Å². The Morgan fingerprint density at radius 3 is 2.95 bits per heavy atom. The molecule has 7 heteroatoms. The molecule has 0 amide bonds. The lowest BCUT2D eigenvalue weighted by molar-refractivity contribution is 0.414. The zero-order chi connectivity index (χ0) is 15.2. The average Bonchev–Trinajstić information content (AvgIpc) is 2.89. The fourth-order valence-corrected chi connectivity index (χ4v) is 2.19. The first-order valence-corrected chi connectivity index (χ1v) is 6.94. The first-order valence-electron chi connectivity index (χ1n) is 6.94. The van der Waals surface area contributed by atoms with E-state index in [1.807, 2.05) is 18.2 Å². The number of aromatic nitrogens is 3. The predicted molar refractivity (Wildman–Crippen MR) is 80.6 cm³/mol. The van der Waals surface area contributed by atoms with Crippen LogP contribution in [0.5, 0.6) is 5.75 Å². The van der Waals surface area contributed by atoms with Gasteiger partial charge in [-0.05, 0) is 31.5 Å². The summed E-state index contributed by atoms with van der Waals surface area (Å²) in [6.07, 6.45) is 2.53.